The van der Waals surface area contributed by atoms with Gasteiger partial charge in [0.15, 0.2) is 0 Å². The van der Waals surface area contributed by atoms with E-state index in [1.807, 2.05) is 0 Å². The molecular weight excluding hydrogens is 505 g/mol. The molecule has 4 rings (SSSR count). The number of rotatable bonds is 9. The summed E-state index contributed by atoms with van der Waals surface area (Å²) < 4.78 is -0.280. The highest BCUT2D eigenvalue weighted by molar-refractivity contribution is 7.88. The van der Waals surface area contributed by atoms with E-state index in [0.717, 1.165) is 51.4 Å². The van der Waals surface area contributed by atoms with Gasteiger partial charge in [0.05, 0.1) is 5.25 Å². The molecule has 0 aromatic heterocycles. The molecule has 0 N–H and O–H groups in total. The molecule has 0 saturated heterocycles. The predicted octanol–water partition coefficient (Wildman–Crippen LogP) is 8.89. The molecule has 0 spiro atoms. The van der Waals surface area contributed by atoms with E-state index in [1.165, 1.54) is 69.5 Å². The Kier molecular flexibility index (Phi) is 8.87. The van der Waals surface area contributed by atoms with Crippen molar-refractivity contribution >= 4 is 75.8 Å². The first-order chi connectivity index (χ1) is 15.2. The van der Waals surface area contributed by atoms with Crippen LogP contribution < -0.4 is 0 Å². The molecule has 0 amide bonds. The Morgan fingerprint density at radius 1 is 0.688 bits per heavy atom. The lowest BCUT2D eigenvalue weighted by Gasteiger charge is -2.66. The minimum atomic E-state index is -0.183. The van der Waals surface area contributed by atoms with Crippen molar-refractivity contribution in [2.45, 2.75) is 135 Å². The minimum absolute atomic E-state index is 0.0180. The highest BCUT2D eigenvalue weighted by atomic mass is 32.1. The average molecular weight is 549 g/mol. The van der Waals surface area contributed by atoms with Crippen LogP contribution in [0.4, 0.5) is 0 Å². The molecule has 4 fully saturated rings. The van der Waals surface area contributed by atoms with E-state index in [4.69, 9.17) is 63.1 Å². The monoisotopic (exact) mass is 548 g/mol. The molecule has 1 atom stereocenters. The smallest absolute Gasteiger partial charge is 0.0523 e. The molecule has 6 heteroatoms. The van der Waals surface area contributed by atoms with Crippen LogP contribution in [0.1, 0.15) is 116 Å². The Morgan fingerprint density at radius 3 is 1.53 bits per heavy atom. The maximum Gasteiger partial charge on any atom is 0.0523 e. The molecule has 4 aliphatic carbocycles. The van der Waals surface area contributed by atoms with Gasteiger partial charge >= 0.3 is 0 Å². The third-order valence-electron chi connectivity index (χ3n) is 9.80. The normalized spacial score (nSPS) is 29.7. The molecule has 32 heavy (non-hydrogen) atoms. The van der Waals surface area contributed by atoms with Crippen molar-refractivity contribution in [3.05, 3.63) is 11.0 Å². The lowest BCUT2D eigenvalue weighted by Crippen LogP contribution is -2.67. The van der Waals surface area contributed by atoms with Crippen LogP contribution in [0.25, 0.3) is 0 Å². The fraction of sp³-hybridized carbons (Fsp3) is 0.923. The van der Waals surface area contributed by atoms with Crippen molar-refractivity contribution in [1.82, 2.24) is 0 Å². The van der Waals surface area contributed by atoms with Crippen LogP contribution in [0.2, 0.25) is 0 Å². The van der Waals surface area contributed by atoms with Crippen LogP contribution in [0, 0.1) is 22.3 Å². The number of thiol groups is 6. The van der Waals surface area contributed by atoms with Gasteiger partial charge in [-0.05, 0) is 70.1 Å². The van der Waals surface area contributed by atoms with Crippen LogP contribution in [0.15, 0.2) is 0 Å². The van der Waals surface area contributed by atoms with Crippen molar-refractivity contribution in [2.75, 3.05) is 0 Å². The number of hydrogen-bond donors (Lipinski definition) is 6. The summed E-state index contributed by atoms with van der Waals surface area (Å²) in [5, 5.41) is 1.34. The van der Waals surface area contributed by atoms with Crippen LogP contribution in [0.3, 0.4) is 0 Å². The lowest BCUT2D eigenvalue weighted by atomic mass is 9.49. The van der Waals surface area contributed by atoms with Crippen molar-refractivity contribution in [3.8, 4) is 0 Å². The molecule has 0 aliphatic heterocycles. The topological polar surface area (TPSA) is 0 Å². The Bertz CT molecular complexity index is 602. The summed E-state index contributed by atoms with van der Waals surface area (Å²) >= 11 is 32.7. The second-order valence-corrected chi connectivity index (χ2v) is 15.8. The molecule has 1 unspecified atom stereocenters. The standard InChI is InChI=1S/C26H44S6/c27-19-9-10-20(22(29)11-1-2-12-22)26(24(31)15-5-6-16-24,25(32)17-7-8-18-25)21(28)23(30)13-3-4-14-23/h19-20,27-32H,1-18H2. The fourth-order valence-corrected chi connectivity index (χ4v) is 12.4. The summed E-state index contributed by atoms with van der Waals surface area (Å²) in [6, 6.07) is 0. The molecule has 2 radical (unpaired) electrons. The van der Waals surface area contributed by atoms with Gasteiger partial charge in [0, 0.05) is 30.2 Å². The van der Waals surface area contributed by atoms with Crippen molar-refractivity contribution < 1.29 is 0 Å². The lowest BCUT2D eigenvalue weighted by molar-refractivity contribution is 0.0375. The summed E-state index contributed by atoms with van der Waals surface area (Å²) in [5.41, 5.74) is -0.183. The number of hydrogen-bond acceptors (Lipinski definition) is 6. The van der Waals surface area contributed by atoms with Crippen molar-refractivity contribution in [2.24, 2.45) is 11.3 Å². The van der Waals surface area contributed by atoms with Gasteiger partial charge in [0.2, 0.25) is 0 Å². The Hall–Kier alpha value is 2.10. The SMILES string of the molecule is S[CH]CCC(C1(S)CCCC1)C([C](S)C1(S)CCCC1)(C1(S)CCCC1)C1(S)CCCC1. The molecule has 184 valence electrons. The van der Waals surface area contributed by atoms with Crippen LogP contribution in [-0.4, -0.2) is 19.0 Å². The second-order valence-electron chi connectivity index (χ2n) is 11.5. The average Bonchev–Trinajstić information content (AvgIpc) is 3.55. The maximum atomic E-state index is 5.74. The molecule has 4 saturated carbocycles. The molecule has 0 nitrogen and oxygen atoms in total. The fourth-order valence-electron chi connectivity index (χ4n) is 8.42. The third-order valence-corrected chi connectivity index (χ3v) is 14.0. The quantitative estimate of drug-likeness (QED) is 0.152. The molecule has 0 heterocycles. The summed E-state index contributed by atoms with van der Waals surface area (Å²) in [6.45, 7) is 0. The van der Waals surface area contributed by atoms with Crippen LogP contribution >= 0.6 is 75.8 Å². The summed E-state index contributed by atoms with van der Waals surface area (Å²) in [5.74, 6) is 2.46. The van der Waals surface area contributed by atoms with E-state index in [2.05, 4.69) is 18.4 Å². The maximum absolute atomic E-state index is 5.74. The van der Waals surface area contributed by atoms with E-state index >= 15 is 0 Å². The molecular formula is C26H44S6. The van der Waals surface area contributed by atoms with Gasteiger partial charge in [-0.2, -0.15) is 75.8 Å². The zero-order valence-electron chi connectivity index (χ0n) is 19.6. The zero-order valence-corrected chi connectivity index (χ0v) is 24.9. The summed E-state index contributed by atoms with van der Waals surface area (Å²) in [7, 11) is 0. The largest absolute Gasteiger partial charge is 0.175 e. The highest BCUT2D eigenvalue weighted by Crippen LogP contribution is 2.75. The van der Waals surface area contributed by atoms with Gasteiger partial charge < -0.3 is 0 Å². The van der Waals surface area contributed by atoms with Crippen molar-refractivity contribution in [3.63, 3.8) is 0 Å². The Morgan fingerprint density at radius 2 is 1.09 bits per heavy atom. The van der Waals surface area contributed by atoms with Crippen LogP contribution in [0.5, 0.6) is 0 Å². The van der Waals surface area contributed by atoms with E-state index in [9.17, 15) is 0 Å². The van der Waals surface area contributed by atoms with E-state index in [-0.39, 0.29) is 24.4 Å². The first-order valence-electron chi connectivity index (χ1n) is 13.1. The molecule has 0 bridgehead atoms. The molecule has 4 aliphatic rings. The third kappa shape index (κ3) is 4.39. The molecule has 0 aromatic carbocycles. The minimum Gasteiger partial charge on any atom is -0.175 e. The van der Waals surface area contributed by atoms with Gasteiger partial charge in [0.25, 0.3) is 0 Å². The van der Waals surface area contributed by atoms with Gasteiger partial charge in [-0.1, -0.05) is 51.4 Å². The van der Waals surface area contributed by atoms with Crippen LogP contribution in [-0.2, 0) is 0 Å². The van der Waals surface area contributed by atoms with Gasteiger partial charge in [-0.25, -0.2) is 0 Å². The van der Waals surface area contributed by atoms with E-state index in [1.54, 1.807) is 0 Å². The Labute approximate surface area is 231 Å². The van der Waals surface area contributed by atoms with E-state index in [0.29, 0.717) is 5.92 Å². The first-order valence-corrected chi connectivity index (χ1v) is 15.9. The highest BCUT2D eigenvalue weighted by Gasteiger charge is 2.72. The first kappa shape index (κ1) is 27.1. The van der Waals surface area contributed by atoms with E-state index < -0.39 is 0 Å². The van der Waals surface area contributed by atoms with Gasteiger partial charge in [-0.3, -0.25) is 0 Å². The zero-order chi connectivity index (χ0) is 23.1. The van der Waals surface area contributed by atoms with Gasteiger partial charge in [-0.15, -0.1) is 0 Å². The second kappa shape index (κ2) is 10.5. The summed E-state index contributed by atoms with van der Waals surface area (Å²) in [6.07, 6.45) is 21.6. The summed E-state index contributed by atoms with van der Waals surface area (Å²) in [4.78, 5) is 0. The molecule has 0 aromatic rings. The Balaban J connectivity index is 1.96. The van der Waals surface area contributed by atoms with Gasteiger partial charge in [0.1, 0.15) is 0 Å². The van der Waals surface area contributed by atoms with Crippen molar-refractivity contribution in [1.29, 1.82) is 0 Å². The predicted molar refractivity (Wildman–Crippen MR) is 161 cm³/mol.